The molecule has 2 aromatic rings. The number of rotatable bonds is 19. The van der Waals surface area contributed by atoms with Gasteiger partial charge in [-0.2, -0.15) is 0 Å². The number of hydrogen-bond donors (Lipinski definition) is 2. The molecule has 2 heterocycles. The molecular formula is C38H48N6O12. The lowest BCUT2D eigenvalue weighted by Gasteiger charge is -2.43. The molecular weight excluding hydrogens is 732 g/mol. The van der Waals surface area contributed by atoms with Crippen molar-refractivity contribution < 1.29 is 57.3 Å². The molecule has 2 aromatic carbocycles. The third-order valence-electron chi connectivity index (χ3n) is 9.49. The van der Waals surface area contributed by atoms with E-state index >= 15 is 0 Å². The normalized spacial score (nSPS) is 17.5. The Hall–Kier alpha value is -5.56. The van der Waals surface area contributed by atoms with Gasteiger partial charge in [0.2, 0.25) is 23.6 Å². The average molecular weight is 781 g/mol. The average Bonchev–Trinajstić information content (AvgIpc) is 3.19. The van der Waals surface area contributed by atoms with Gasteiger partial charge in [-0.3, -0.25) is 48.2 Å². The lowest BCUT2D eigenvalue weighted by molar-refractivity contribution is -0.169. The molecule has 4 rings (SSSR count). The van der Waals surface area contributed by atoms with E-state index < -0.39 is 85.1 Å². The maximum atomic E-state index is 13.0. The predicted octanol–water partition coefficient (Wildman–Crippen LogP) is -0.192. The summed E-state index contributed by atoms with van der Waals surface area (Å²) in [7, 11) is 0. The summed E-state index contributed by atoms with van der Waals surface area (Å²) >= 11 is 0. The monoisotopic (exact) mass is 780 g/mol. The van der Waals surface area contributed by atoms with Crippen LogP contribution in [-0.2, 0) is 70.5 Å². The molecule has 18 heteroatoms. The molecule has 2 aliphatic rings. The highest BCUT2D eigenvalue weighted by molar-refractivity contribution is 6.00. The van der Waals surface area contributed by atoms with Gasteiger partial charge >= 0.3 is 23.9 Å². The number of carbonyl (C=O) groups is 8. The third kappa shape index (κ3) is 12.8. The van der Waals surface area contributed by atoms with Crippen LogP contribution in [0.25, 0.3) is 0 Å². The van der Waals surface area contributed by atoms with E-state index in [0.29, 0.717) is 0 Å². The second-order valence-electron chi connectivity index (χ2n) is 13.5. The fraction of sp³-hybridized carbons (Fsp3) is 0.474. The first-order chi connectivity index (χ1) is 26.7. The summed E-state index contributed by atoms with van der Waals surface area (Å²) in [5.74, 6) is -5.42. The summed E-state index contributed by atoms with van der Waals surface area (Å²) in [6, 6.07) is 14.8. The maximum absolute atomic E-state index is 13.0. The molecule has 0 spiro atoms. The quantitative estimate of drug-likeness (QED) is 0.107. The molecule has 0 radical (unpaired) electrons. The van der Waals surface area contributed by atoms with Crippen LogP contribution in [0, 0.1) is 0 Å². The van der Waals surface area contributed by atoms with Crippen molar-refractivity contribution in [2.24, 2.45) is 11.5 Å². The zero-order valence-electron chi connectivity index (χ0n) is 31.4. The van der Waals surface area contributed by atoms with Crippen molar-refractivity contribution in [1.29, 1.82) is 0 Å². The highest BCUT2D eigenvalue weighted by atomic mass is 16.6. The van der Waals surface area contributed by atoms with E-state index in [1.54, 1.807) is 47.9 Å². The first-order valence-electron chi connectivity index (χ1n) is 18.1. The molecule has 302 valence electrons. The Balaban J connectivity index is 1.14. The lowest BCUT2D eigenvalue weighted by atomic mass is 10.1. The molecule has 4 N–H and O–H groups in total. The van der Waals surface area contributed by atoms with Crippen molar-refractivity contribution in [3.63, 3.8) is 0 Å². The molecule has 2 fully saturated rings. The van der Waals surface area contributed by atoms with Gasteiger partial charge in [-0.25, -0.2) is 9.80 Å². The Bertz CT molecular complexity index is 1570. The Morgan fingerprint density at radius 2 is 0.875 bits per heavy atom. The minimum absolute atomic E-state index is 0.0638. The minimum Gasteiger partial charge on any atom is -0.461 e. The standard InChI is InChI=1S/C38H48N6O12/c1-25(41-17-31(45)43(32(46)18-41)23-55-37(51)29(39)13-15-35(49)53-21-27-9-5-3-6-10-27)26(2)42-19-33(47)44(34(48)20-42)24-56-38(52)30(40)14-16-36(50)54-22-28-11-7-4-8-12-28/h3-12,25-26,29-30H,13-24,39-40H2,1-2H3. The number of amides is 4. The molecule has 2 aliphatic heterocycles. The summed E-state index contributed by atoms with van der Waals surface area (Å²) in [5.41, 5.74) is 13.3. The lowest BCUT2D eigenvalue weighted by Crippen LogP contribution is -2.63. The molecule has 0 saturated carbocycles. The first-order valence-corrected chi connectivity index (χ1v) is 18.1. The fourth-order valence-electron chi connectivity index (χ4n) is 5.77. The van der Waals surface area contributed by atoms with Crippen molar-refractivity contribution in [1.82, 2.24) is 19.6 Å². The third-order valence-corrected chi connectivity index (χ3v) is 9.49. The number of ether oxygens (including phenoxy) is 4. The van der Waals surface area contributed by atoms with Crippen LogP contribution < -0.4 is 11.5 Å². The Kier molecular flexibility index (Phi) is 16.1. The molecule has 2 saturated heterocycles. The van der Waals surface area contributed by atoms with Crippen molar-refractivity contribution >= 4 is 47.5 Å². The van der Waals surface area contributed by atoms with Gasteiger partial charge in [0.1, 0.15) is 25.3 Å². The molecule has 18 nitrogen and oxygen atoms in total. The maximum Gasteiger partial charge on any atom is 0.324 e. The number of hydrogen-bond acceptors (Lipinski definition) is 16. The molecule has 4 unspecified atom stereocenters. The first kappa shape index (κ1) is 43.2. The van der Waals surface area contributed by atoms with Crippen molar-refractivity contribution in [3.05, 3.63) is 71.8 Å². The van der Waals surface area contributed by atoms with E-state index in [2.05, 4.69) is 0 Å². The van der Waals surface area contributed by atoms with Crippen LogP contribution in [0.3, 0.4) is 0 Å². The second kappa shape index (κ2) is 20.9. The summed E-state index contributed by atoms with van der Waals surface area (Å²) < 4.78 is 20.6. The van der Waals surface area contributed by atoms with Gasteiger partial charge < -0.3 is 30.4 Å². The number of carbonyl (C=O) groups excluding carboxylic acids is 8. The van der Waals surface area contributed by atoms with Crippen LogP contribution in [0.4, 0.5) is 0 Å². The van der Waals surface area contributed by atoms with Crippen LogP contribution in [0.15, 0.2) is 60.7 Å². The topological polar surface area (TPSA) is 238 Å². The van der Waals surface area contributed by atoms with E-state index in [0.717, 1.165) is 20.9 Å². The SMILES string of the molecule is CC(C(C)N1CC(=O)N(COC(=O)C(N)CCC(=O)OCc2ccccc2)C(=O)C1)N1CC(=O)N(COC(=O)C(N)CCC(=O)OCc2ccccc2)C(=O)C1. The number of esters is 4. The fourth-order valence-corrected chi connectivity index (χ4v) is 5.77. The number of nitrogens with two attached hydrogens (primary N) is 2. The van der Waals surface area contributed by atoms with Crippen LogP contribution in [0.1, 0.15) is 50.7 Å². The van der Waals surface area contributed by atoms with Gasteiger partial charge in [0.05, 0.1) is 26.2 Å². The zero-order chi connectivity index (χ0) is 40.8. The molecule has 0 aromatic heterocycles. The molecule has 4 amide bonds. The van der Waals surface area contributed by atoms with E-state index in [9.17, 15) is 38.4 Å². The number of piperazine rings is 2. The minimum atomic E-state index is -1.19. The van der Waals surface area contributed by atoms with Crippen molar-refractivity contribution in [3.8, 4) is 0 Å². The summed E-state index contributed by atoms with van der Waals surface area (Å²) in [4.78, 5) is 106. The summed E-state index contributed by atoms with van der Waals surface area (Å²) in [5, 5.41) is 0. The molecule has 4 atom stereocenters. The van der Waals surface area contributed by atoms with Crippen LogP contribution in [0.5, 0.6) is 0 Å². The van der Waals surface area contributed by atoms with E-state index in [1.165, 1.54) is 0 Å². The Morgan fingerprint density at radius 3 is 1.20 bits per heavy atom. The van der Waals surface area contributed by atoms with Crippen LogP contribution in [0.2, 0.25) is 0 Å². The Morgan fingerprint density at radius 1 is 0.554 bits per heavy atom. The predicted molar refractivity (Wildman–Crippen MR) is 195 cm³/mol. The molecule has 0 aliphatic carbocycles. The van der Waals surface area contributed by atoms with Crippen molar-refractivity contribution in [2.45, 2.75) is 76.9 Å². The highest BCUT2D eigenvalue weighted by Crippen LogP contribution is 2.18. The summed E-state index contributed by atoms with van der Waals surface area (Å²) in [6.45, 7) is 1.50. The molecule has 56 heavy (non-hydrogen) atoms. The number of imide groups is 2. The summed E-state index contributed by atoms with van der Waals surface area (Å²) in [6.07, 6.45) is -0.403. The van der Waals surface area contributed by atoms with Gasteiger partial charge in [-0.15, -0.1) is 0 Å². The van der Waals surface area contributed by atoms with E-state index in [-0.39, 0.29) is 65.1 Å². The Labute approximate surface area is 323 Å². The van der Waals surface area contributed by atoms with Gasteiger partial charge in [0.15, 0.2) is 13.5 Å². The van der Waals surface area contributed by atoms with E-state index in [4.69, 9.17) is 30.4 Å². The second-order valence-corrected chi connectivity index (χ2v) is 13.5. The van der Waals surface area contributed by atoms with Gasteiger partial charge in [0, 0.05) is 24.9 Å². The van der Waals surface area contributed by atoms with Gasteiger partial charge in [-0.05, 0) is 37.8 Å². The van der Waals surface area contributed by atoms with Gasteiger partial charge in [0.25, 0.3) is 0 Å². The number of nitrogens with zero attached hydrogens (tertiary/aromatic N) is 4. The van der Waals surface area contributed by atoms with E-state index in [1.807, 2.05) is 36.4 Å². The van der Waals surface area contributed by atoms with Crippen molar-refractivity contribution in [2.75, 3.05) is 39.6 Å². The highest BCUT2D eigenvalue weighted by Gasteiger charge is 2.40. The van der Waals surface area contributed by atoms with Crippen LogP contribution >= 0.6 is 0 Å². The van der Waals surface area contributed by atoms with Gasteiger partial charge in [-0.1, -0.05) is 60.7 Å². The van der Waals surface area contributed by atoms with Crippen LogP contribution in [-0.4, -0.2) is 131 Å². The molecule has 0 bridgehead atoms. The smallest absolute Gasteiger partial charge is 0.324 e. The largest absolute Gasteiger partial charge is 0.461 e. The zero-order valence-corrected chi connectivity index (χ0v) is 31.4. The number of benzene rings is 2.